The van der Waals surface area contributed by atoms with Gasteiger partial charge in [0.05, 0.1) is 17.6 Å². The SMILES string of the molecule is CON(C)S(=O)(=O)c1cccc(C(=O)O[C@@H](C)C(=O)c2ccc(C)cc2)c1. The third-order valence-electron chi connectivity index (χ3n) is 3.95. The maximum atomic E-state index is 12.4. The lowest BCUT2D eigenvalue weighted by Gasteiger charge is -2.15. The molecule has 2 rings (SSSR count). The van der Waals surface area contributed by atoms with Gasteiger partial charge in [-0.25, -0.2) is 13.2 Å². The van der Waals surface area contributed by atoms with Crippen LogP contribution in [-0.2, 0) is 19.6 Å². The number of carbonyl (C=O) groups excluding carboxylic acids is 2. The van der Waals surface area contributed by atoms with E-state index in [1.165, 1.54) is 45.3 Å². The number of carbonyl (C=O) groups is 2. The van der Waals surface area contributed by atoms with E-state index < -0.39 is 22.1 Å². The maximum Gasteiger partial charge on any atom is 0.338 e. The molecule has 2 aromatic rings. The van der Waals surface area contributed by atoms with Gasteiger partial charge >= 0.3 is 5.97 Å². The standard InChI is InChI=1S/C19H21NO6S/c1-13-8-10-15(11-9-13)18(21)14(2)26-19(22)16-6-5-7-17(12-16)27(23,24)20(3)25-4/h5-12,14H,1-4H3/t14-/m0/s1. The lowest BCUT2D eigenvalue weighted by molar-refractivity contribution is -0.0258. The maximum absolute atomic E-state index is 12.4. The summed E-state index contributed by atoms with van der Waals surface area (Å²) in [5, 5.41) is 0. The van der Waals surface area contributed by atoms with Crippen molar-refractivity contribution in [1.82, 2.24) is 4.47 Å². The van der Waals surface area contributed by atoms with Crippen molar-refractivity contribution in [2.45, 2.75) is 24.8 Å². The second kappa shape index (κ2) is 8.43. The van der Waals surface area contributed by atoms with Gasteiger partial charge in [0, 0.05) is 12.6 Å². The number of hydrogen-bond donors (Lipinski definition) is 0. The molecular weight excluding hydrogens is 370 g/mol. The zero-order chi connectivity index (χ0) is 20.2. The van der Waals surface area contributed by atoms with Gasteiger partial charge in [0.2, 0.25) is 5.78 Å². The van der Waals surface area contributed by atoms with E-state index in [9.17, 15) is 18.0 Å². The van der Waals surface area contributed by atoms with Gasteiger partial charge in [-0.2, -0.15) is 0 Å². The first-order valence-corrected chi connectivity index (χ1v) is 9.55. The predicted molar refractivity (Wildman–Crippen MR) is 98.8 cm³/mol. The number of aryl methyl sites for hydroxylation is 1. The Bertz CT molecular complexity index is 937. The monoisotopic (exact) mass is 391 g/mol. The second-order valence-corrected chi connectivity index (χ2v) is 7.84. The molecule has 27 heavy (non-hydrogen) atoms. The summed E-state index contributed by atoms with van der Waals surface area (Å²) < 4.78 is 30.4. The Balaban J connectivity index is 2.17. The number of rotatable bonds is 7. The highest BCUT2D eigenvalue weighted by Gasteiger charge is 2.24. The molecule has 0 aliphatic rings. The Labute approximate surface area is 158 Å². The number of benzene rings is 2. The first-order valence-electron chi connectivity index (χ1n) is 8.11. The van der Waals surface area contributed by atoms with Gasteiger partial charge in [0.15, 0.2) is 6.10 Å². The van der Waals surface area contributed by atoms with E-state index in [-0.39, 0.29) is 16.2 Å². The number of ketones is 1. The van der Waals surface area contributed by atoms with Crippen LogP contribution in [0.1, 0.15) is 33.2 Å². The lowest BCUT2D eigenvalue weighted by Crippen LogP contribution is -2.26. The average molecular weight is 391 g/mol. The lowest BCUT2D eigenvalue weighted by atomic mass is 10.1. The molecule has 2 aromatic carbocycles. The number of hydrogen-bond acceptors (Lipinski definition) is 6. The van der Waals surface area contributed by atoms with E-state index >= 15 is 0 Å². The van der Waals surface area contributed by atoms with Crippen molar-refractivity contribution in [3.05, 3.63) is 65.2 Å². The van der Waals surface area contributed by atoms with E-state index in [1.807, 2.05) is 6.92 Å². The zero-order valence-corrected chi connectivity index (χ0v) is 16.3. The van der Waals surface area contributed by atoms with Crippen molar-refractivity contribution in [3.63, 3.8) is 0 Å². The van der Waals surface area contributed by atoms with Gasteiger partial charge < -0.3 is 4.74 Å². The Hall–Kier alpha value is -2.55. The Kier molecular flexibility index (Phi) is 6.48. The molecule has 0 unspecified atom stereocenters. The van der Waals surface area contributed by atoms with Crippen LogP contribution in [0.4, 0.5) is 0 Å². The second-order valence-electron chi connectivity index (χ2n) is 5.90. The molecule has 1 atom stereocenters. The van der Waals surface area contributed by atoms with Gasteiger partial charge in [0.1, 0.15) is 0 Å². The fourth-order valence-electron chi connectivity index (χ4n) is 2.26. The summed E-state index contributed by atoms with van der Waals surface area (Å²) in [6.45, 7) is 3.37. The first kappa shape index (κ1) is 20.8. The third-order valence-corrected chi connectivity index (χ3v) is 5.63. The fourth-order valence-corrected chi connectivity index (χ4v) is 3.28. The van der Waals surface area contributed by atoms with Crippen LogP contribution in [0.5, 0.6) is 0 Å². The summed E-state index contributed by atoms with van der Waals surface area (Å²) in [5.41, 5.74) is 1.46. The molecule has 0 saturated heterocycles. The van der Waals surface area contributed by atoms with E-state index in [1.54, 1.807) is 24.3 Å². The highest BCUT2D eigenvalue weighted by Crippen LogP contribution is 2.17. The smallest absolute Gasteiger partial charge is 0.338 e. The number of sulfonamides is 1. The molecule has 0 N–H and O–H groups in total. The number of esters is 1. The number of Topliss-reactive ketones (excluding diaryl/α,β-unsaturated/α-hetero) is 1. The molecule has 0 fully saturated rings. The third kappa shape index (κ3) is 4.79. The van der Waals surface area contributed by atoms with Gasteiger partial charge in [-0.3, -0.25) is 9.63 Å². The van der Waals surface area contributed by atoms with Crippen LogP contribution < -0.4 is 0 Å². The summed E-state index contributed by atoms with van der Waals surface area (Å²) in [6, 6.07) is 12.3. The molecular formula is C19H21NO6S. The number of ether oxygens (including phenoxy) is 1. The minimum absolute atomic E-state index is 0.0177. The van der Waals surface area contributed by atoms with Gasteiger partial charge in [-0.1, -0.05) is 40.4 Å². The van der Waals surface area contributed by atoms with Crippen LogP contribution >= 0.6 is 0 Å². The van der Waals surface area contributed by atoms with Crippen LogP contribution in [0.2, 0.25) is 0 Å². The zero-order valence-electron chi connectivity index (χ0n) is 15.5. The van der Waals surface area contributed by atoms with Crippen LogP contribution in [0.15, 0.2) is 53.4 Å². The molecule has 0 aromatic heterocycles. The molecule has 0 amide bonds. The van der Waals surface area contributed by atoms with Crippen LogP contribution in [0.25, 0.3) is 0 Å². The van der Waals surface area contributed by atoms with Gasteiger partial charge in [-0.05, 0) is 32.0 Å². The molecule has 0 radical (unpaired) electrons. The summed E-state index contributed by atoms with van der Waals surface area (Å²) in [7, 11) is -1.45. The van der Waals surface area contributed by atoms with Crippen molar-refractivity contribution >= 4 is 21.8 Å². The van der Waals surface area contributed by atoms with Crippen molar-refractivity contribution in [1.29, 1.82) is 0 Å². The number of hydroxylamine groups is 1. The highest BCUT2D eigenvalue weighted by molar-refractivity contribution is 7.89. The topological polar surface area (TPSA) is 90.0 Å². The van der Waals surface area contributed by atoms with Crippen LogP contribution in [-0.4, -0.2) is 44.9 Å². The largest absolute Gasteiger partial charge is 0.451 e. The summed E-state index contributed by atoms with van der Waals surface area (Å²) in [5.74, 6) is -1.13. The van der Waals surface area contributed by atoms with Gasteiger partial charge in [-0.15, -0.1) is 0 Å². The average Bonchev–Trinajstić information content (AvgIpc) is 2.67. The quantitative estimate of drug-likeness (QED) is 0.409. The van der Waals surface area contributed by atoms with Crippen molar-refractivity contribution in [2.24, 2.45) is 0 Å². The molecule has 8 heteroatoms. The molecule has 0 aliphatic carbocycles. The molecule has 0 heterocycles. The summed E-state index contributed by atoms with van der Waals surface area (Å²) in [4.78, 5) is 29.3. The Morgan fingerprint density at radius 1 is 1.04 bits per heavy atom. The molecule has 0 spiro atoms. The summed E-state index contributed by atoms with van der Waals surface area (Å²) in [6.07, 6.45) is -1.01. The van der Waals surface area contributed by atoms with E-state index in [0.29, 0.717) is 10.0 Å². The van der Waals surface area contributed by atoms with E-state index in [2.05, 4.69) is 0 Å². The minimum Gasteiger partial charge on any atom is -0.451 e. The molecule has 0 saturated carbocycles. The van der Waals surface area contributed by atoms with Gasteiger partial charge in [0.25, 0.3) is 10.0 Å². The van der Waals surface area contributed by atoms with Crippen LogP contribution in [0, 0.1) is 6.92 Å². The van der Waals surface area contributed by atoms with Crippen molar-refractivity contribution in [2.75, 3.05) is 14.2 Å². The first-order chi connectivity index (χ1) is 12.7. The predicted octanol–water partition coefficient (Wildman–Crippen LogP) is 2.61. The van der Waals surface area contributed by atoms with E-state index in [4.69, 9.17) is 9.57 Å². The van der Waals surface area contributed by atoms with E-state index in [0.717, 1.165) is 5.56 Å². The fraction of sp³-hybridized carbons (Fsp3) is 0.263. The van der Waals surface area contributed by atoms with Crippen molar-refractivity contribution < 1.29 is 27.6 Å². The highest BCUT2D eigenvalue weighted by atomic mass is 32.2. The Morgan fingerprint density at radius 3 is 2.26 bits per heavy atom. The molecule has 144 valence electrons. The molecule has 0 bridgehead atoms. The molecule has 0 aliphatic heterocycles. The summed E-state index contributed by atoms with van der Waals surface area (Å²) >= 11 is 0. The van der Waals surface area contributed by atoms with Crippen LogP contribution in [0.3, 0.4) is 0 Å². The van der Waals surface area contributed by atoms with Crippen molar-refractivity contribution in [3.8, 4) is 0 Å². The molecule has 7 nitrogen and oxygen atoms in total. The Morgan fingerprint density at radius 2 is 1.67 bits per heavy atom. The number of nitrogens with zero attached hydrogens (tertiary/aromatic N) is 1. The minimum atomic E-state index is -3.90. The normalized spacial score (nSPS) is 12.6.